The average molecular weight is 219 g/mol. The Balaban J connectivity index is 2.31. The number of anilines is 2. The number of rotatable bonds is 2. The van der Waals surface area contributed by atoms with Crippen LogP contribution in [0.5, 0.6) is 0 Å². The van der Waals surface area contributed by atoms with Crippen LogP contribution in [0.1, 0.15) is 13.3 Å². The van der Waals surface area contributed by atoms with Crippen LogP contribution in [-0.2, 0) is 4.79 Å². The number of nitrogens with one attached hydrogen (secondary N) is 1. The monoisotopic (exact) mass is 219 g/mol. The first-order valence-corrected chi connectivity index (χ1v) is 5.13. The van der Waals surface area contributed by atoms with Crippen LogP contribution in [0.2, 0.25) is 0 Å². The summed E-state index contributed by atoms with van der Waals surface area (Å²) in [6, 6.07) is 5.85. The third-order valence-electron chi connectivity index (χ3n) is 2.58. The van der Waals surface area contributed by atoms with Gasteiger partial charge in [0.15, 0.2) is 0 Å². The van der Waals surface area contributed by atoms with E-state index in [0.717, 1.165) is 4.90 Å². The van der Waals surface area contributed by atoms with E-state index < -0.39 is 6.04 Å². The molecule has 1 aliphatic heterocycles. The fraction of sp³-hybridized carbons (Fsp3) is 0.273. The van der Waals surface area contributed by atoms with Crippen molar-refractivity contribution in [2.45, 2.75) is 19.4 Å². The quantitative estimate of drug-likeness (QED) is 0.577. The number of benzene rings is 1. The Morgan fingerprint density at radius 2 is 1.94 bits per heavy atom. The van der Waals surface area contributed by atoms with Crippen molar-refractivity contribution in [3.63, 3.8) is 0 Å². The molecule has 0 aliphatic carbocycles. The molecule has 1 saturated heterocycles. The highest BCUT2D eigenvalue weighted by atomic mass is 16.2. The van der Waals surface area contributed by atoms with Crippen LogP contribution < -0.4 is 16.0 Å². The minimum atomic E-state index is -0.412. The Labute approximate surface area is 93.2 Å². The van der Waals surface area contributed by atoms with Gasteiger partial charge in [-0.2, -0.15) is 0 Å². The second kappa shape index (κ2) is 3.84. The van der Waals surface area contributed by atoms with Crippen molar-refractivity contribution in [3.05, 3.63) is 24.3 Å². The standard InChI is InChI=1S/C11H13N3O2/c1-2-9-10(15)14(11(16)13-9)8-5-3-7(12)4-6-8/h3-6,9H,2,12H2,1H3,(H,13,16)/t9-/m1/s1. The molecule has 2 rings (SSSR count). The van der Waals surface area contributed by atoms with Gasteiger partial charge in [0.05, 0.1) is 5.69 Å². The van der Waals surface area contributed by atoms with Crippen molar-refractivity contribution >= 4 is 23.3 Å². The van der Waals surface area contributed by atoms with Crippen LogP contribution in [0.4, 0.5) is 16.2 Å². The number of nitrogens with two attached hydrogens (primary N) is 1. The maximum atomic E-state index is 11.8. The molecule has 84 valence electrons. The molecule has 1 heterocycles. The Bertz CT molecular complexity index is 427. The molecule has 3 amide bonds. The summed E-state index contributed by atoms with van der Waals surface area (Å²) in [6.07, 6.45) is 0.593. The first-order valence-electron chi connectivity index (χ1n) is 5.13. The van der Waals surface area contributed by atoms with Gasteiger partial charge in [-0.25, -0.2) is 9.69 Å². The highest BCUT2D eigenvalue weighted by Gasteiger charge is 2.37. The normalized spacial score (nSPS) is 20.1. The zero-order valence-electron chi connectivity index (χ0n) is 8.93. The first kappa shape index (κ1) is 10.5. The molecule has 0 spiro atoms. The fourth-order valence-electron chi connectivity index (χ4n) is 1.68. The molecular formula is C11H13N3O2. The van der Waals surface area contributed by atoms with Gasteiger partial charge < -0.3 is 11.1 Å². The number of hydrogen-bond donors (Lipinski definition) is 2. The number of imide groups is 1. The van der Waals surface area contributed by atoms with Crippen LogP contribution in [0.15, 0.2) is 24.3 Å². The highest BCUT2D eigenvalue weighted by molar-refractivity contribution is 6.21. The fourth-order valence-corrected chi connectivity index (χ4v) is 1.68. The van der Waals surface area contributed by atoms with Gasteiger partial charge >= 0.3 is 6.03 Å². The maximum absolute atomic E-state index is 11.8. The van der Waals surface area contributed by atoms with Gasteiger partial charge in [-0.1, -0.05) is 6.92 Å². The van der Waals surface area contributed by atoms with Crippen LogP contribution in [0.3, 0.4) is 0 Å². The Hall–Kier alpha value is -2.04. The summed E-state index contributed by atoms with van der Waals surface area (Å²) in [5.74, 6) is -0.211. The molecule has 0 aromatic heterocycles. The van der Waals surface area contributed by atoms with Crippen LogP contribution in [-0.4, -0.2) is 18.0 Å². The number of carbonyl (C=O) groups excluding carboxylic acids is 2. The van der Waals surface area contributed by atoms with Crippen molar-refractivity contribution in [2.24, 2.45) is 0 Å². The average Bonchev–Trinajstić information content (AvgIpc) is 2.56. The van der Waals surface area contributed by atoms with E-state index in [0.29, 0.717) is 17.8 Å². The van der Waals surface area contributed by atoms with Crippen LogP contribution in [0, 0.1) is 0 Å². The van der Waals surface area contributed by atoms with Crippen molar-refractivity contribution in [1.82, 2.24) is 5.32 Å². The lowest BCUT2D eigenvalue weighted by Crippen LogP contribution is -2.31. The number of hydrogen-bond acceptors (Lipinski definition) is 3. The Morgan fingerprint density at radius 3 is 2.44 bits per heavy atom. The molecule has 5 heteroatoms. The molecule has 0 unspecified atom stereocenters. The second-order valence-corrected chi connectivity index (χ2v) is 3.68. The van der Waals surface area contributed by atoms with Gasteiger partial charge in [-0.3, -0.25) is 4.79 Å². The summed E-state index contributed by atoms with van der Waals surface area (Å²) < 4.78 is 0. The smallest absolute Gasteiger partial charge is 0.329 e. The third-order valence-corrected chi connectivity index (χ3v) is 2.58. The predicted molar refractivity (Wildman–Crippen MR) is 61.0 cm³/mol. The number of amides is 3. The van der Waals surface area contributed by atoms with Gasteiger partial charge in [0.25, 0.3) is 5.91 Å². The summed E-state index contributed by atoms with van der Waals surface area (Å²) in [4.78, 5) is 24.6. The minimum absolute atomic E-state index is 0.211. The zero-order valence-corrected chi connectivity index (χ0v) is 8.93. The molecular weight excluding hydrogens is 206 g/mol. The van der Waals surface area contributed by atoms with E-state index in [1.807, 2.05) is 6.92 Å². The predicted octanol–water partition coefficient (Wildman–Crippen LogP) is 1.10. The van der Waals surface area contributed by atoms with Crippen molar-refractivity contribution in [1.29, 1.82) is 0 Å². The van der Waals surface area contributed by atoms with Crippen molar-refractivity contribution in [2.75, 3.05) is 10.6 Å². The summed E-state index contributed by atoms with van der Waals surface area (Å²) >= 11 is 0. The van der Waals surface area contributed by atoms with E-state index in [1.54, 1.807) is 24.3 Å². The van der Waals surface area contributed by atoms with Crippen LogP contribution >= 0.6 is 0 Å². The van der Waals surface area contributed by atoms with Gasteiger partial charge in [0, 0.05) is 5.69 Å². The lowest BCUT2D eigenvalue weighted by atomic mass is 10.2. The second-order valence-electron chi connectivity index (χ2n) is 3.68. The number of nitrogen functional groups attached to an aromatic ring is 1. The maximum Gasteiger partial charge on any atom is 0.329 e. The van der Waals surface area contributed by atoms with Crippen molar-refractivity contribution < 1.29 is 9.59 Å². The van der Waals surface area contributed by atoms with Gasteiger partial charge in [-0.15, -0.1) is 0 Å². The molecule has 16 heavy (non-hydrogen) atoms. The zero-order chi connectivity index (χ0) is 11.7. The SMILES string of the molecule is CC[C@H]1NC(=O)N(c2ccc(N)cc2)C1=O. The van der Waals surface area contributed by atoms with E-state index in [-0.39, 0.29) is 11.9 Å². The van der Waals surface area contributed by atoms with Gasteiger partial charge in [0.2, 0.25) is 0 Å². The highest BCUT2D eigenvalue weighted by Crippen LogP contribution is 2.21. The van der Waals surface area contributed by atoms with Gasteiger partial charge in [0.1, 0.15) is 6.04 Å². The largest absolute Gasteiger partial charge is 0.399 e. The number of urea groups is 1. The molecule has 1 aromatic rings. The lowest BCUT2D eigenvalue weighted by molar-refractivity contribution is -0.118. The van der Waals surface area contributed by atoms with E-state index in [9.17, 15) is 9.59 Å². The molecule has 5 nitrogen and oxygen atoms in total. The molecule has 0 bridgehead atoms. The molecule has 1 fully saturated rings. The van der Waals surface area contributed by atoms with E-state index in [2.05, 4.69) is 5.32 Å². The summed E-state index contributed by atoms with van der Waals surface area (Å²) in [6.45, 7) is 1.86. The molecule has 1 aliphatic rings. The number of carbonyl (C=O) groups is 2. The lowest BCUT2D eigenvalue weighted by Gasteiger charge is -2.12. The molecule has 0 saturated carbocycles. The summed E-state index contributed by atoms with van der Waals surface area (Å²) in [5, 5.41) is 2.62. The van der Waals surface area contributed by atoms with Gasteiger partial charge in [-0.05, 0) is 30.7 Å². The Morgan fingerprint density at radius 1 is 1.31 bits per heavy atom. The van der Waals surface area contributed by atoms with E-state index >= 15 is 0 Å². The van der Waals surface area contributed by atoms with E-state index in [4.69, 9.17) is 5.73 Å². The van der Waals surface area contributed by atoms with Crippen LogP contribution in [0.25, 0.3) is 0 Å². The van der Waals surface area contributed by atoms with Crippen molar-refractivity contribution in [3.8, 4) is 0 Å². The first-order chi connectivity index (χ1) is 7.63. The summed E-state index contributed by atoms with van der Waals surface area (Å²) in [5.41, 5.74) is 6.69. The summed E-state index contributed by atoms with van der Waals surface area (Å²) in [7, 11) is 0. The molecule has 3 N–H and O–H groups in total. The molecule has 1 atom stereocenters. The topological polar surface area (TPSA) is 75.4 Å². The van der Waals surface area contributed by atoms with E-state index in [1.165, 1.54) is 0 Å². The minimum Gasteiger partial charge on any atom is -0.399 e. The molecule has 0 radical (unpaired) electrons. The Kier molecular flexibility index (Phi) is 2.52. The third kappa shape index (κ3) is 1.60. The molecule has 1 aromatic carbocycles. The number of nitrogens with zero attached hydrogens (tertiary/aromatic N) is 1.